The van der Waals surface area contributed by atoms with Crippen LogP contribution >= 0.6 is 0 Å². The largest absolute Gasteiger partial charge is 0.454 e. The zero-order valence-electron chi connectivity index (χ0n) is 21.4. The molecule has 1 aliphatic heterocycles. The Morgan fingerprint density at radius 3 is 1.95 bits per heavy atom. The van der Waals surface area contributed by atoms with Crippen LogP contribution in [0.15, 0.2) is 91.0 Å². The molecular weight excluding hydrogens is 458 g/mol. The average Bonchev–Trinajstić information content (AvgIpc) is 3.56. The zero-order valence-corrected chi connectivity index (χ0v) is 21.4. The predicted octanol–water partition coefficient (Wildman–Crippen LogP) is 6.14. The summed E-state index contributed by atoms with van der Waals surface area (Å²) in [6.07, 6.45) is 0.679. The first-order valence-electron chi connectivity index (χ1n) is 13.0. The SMILES string of the molecule is CC(C)(C)[C@@]1(O)c2cc3c(cc2C[C@@H]1NC1(c2ccccc2)c2ccccc2-c2ccccc21)OCO3. The van der Waals surface area contributed by atoms with Gasteiger partial charge >= 0.3 is 0 Å². The average molecular weight is 490 g/mol. The molecule has 0 spiro atoms. The third-order valence-electron chi connectivity index (χ3n) is 8.63. The Labute approximate surface area is 217 Å². The van der Waals surface area contributed by atoms with Crippen LogP contribution in [0.25, 0.3) is 11.1 Å². The fourth-order valence-electron chi connectivity index (χ4n) is 6.88. The second kappa shape index (κ2) is 7.70. The molecule has 186 valence electrons. The summed E-state index contributed by atoms with van der Waals surface area (Å²) in [6.45, 7) is 6.58. The van der Waals surface area contributed by atoms with E-state index in [9.17, 15) is 5.11 Å². The van der Waals surface area contributed by atoms with Crippen LogP contribution in [0.4, 0.5) is 0 Å². The molecule has 1 heterocycles. The third kappa shape index (κ3) is 2.97. The van der Waals surface area contributed by atoms with Crippen LogP contribution in [0.5, 0.6) is 11.5 Å². The van der Waals surface area contributed by atoms with Gasteiger partial charge in [-0.3, -0.25) is 5.32 Å². The van der Waals surface area contributed by atoms with Crippen molar-refractivity contribution in [2.45, 2.75) is 44.4 Å². The maximum Gasteiger partial charge on any atom is 0.231 e. The molecule has 0 bridgehead atoms. The summed E-state index contributed by atoms with van der Waals surface area (Å²) in [5.74, 6) is 1.46. The molecule has 2 atom stereocenters. The van der Waals surface area contributed by atoms with Gasteiger partial charge in [0.25, 0.3) is 0 Å². The van der Waals surface area contributed by atoms with E-state index in [0.29, 0.717) is 12.2 Å². The first kappa shape index (κ1) is 22.6. The molecule has 0 fully saturated rings. The van der Waals surface area contributed by atoms with Gasteiger partial charge in [0.15, 0.2) is 11.5 Å². The predicted molar refractivity (Wildman–Crippen MR) is 145 cm³/mol. The second-order valence-corrected chi connectivity index (χ2v) is 11.5. The van der Waals surface area contributed by atoms with Crippen LogP contribution < -0.4 is 14.8 Å². The van der Waals surface area contributed by atoms with Gasteiger partial charge in [-0.15, -0.1) is 0 Å². The van der Waals surface area contributed by atoms with Crippen molar-refractivity contribution in [1.82, 2.24) is 5.32 Å². The number of hydrogen-bond donors (Lipinski definition) is 2. The summed E-state index contributed by atoms with van der Waals surface area (Å²) < 4.78 is 11.4. The van der Waals surface area contributed by atoms with Crippen molar-refractivity contribution in [2.75, 3.05) is 6.79 Å². The smallest absolute Gasteiger partial charge is 0.231 e. The summed E-state index contributed by atoms with van der Waals surface area (Å²) in [7, 11) is 0. The highest BCUT2D eigenvalue weighted by atomic mass is 16.7. The van der Waals surface area contributed by atoms with Crippen LogP contribution in [0.2, 0.25) is 0 Å². The van der Waals surface area contributed by atoms with E-state index in [-0.39, 0.29) is 12.8 Å². The zero-order chi connectivity index (χ0) is 25.4. The van der Waals surface area contributed by atoms with Gasteiger partial charge in [0.2, 0.25) is 6.79 Å². The third-order valence-corrected chi connectivity index (χ3v) is 8.63. The van der Waals surface area contributed by atoms with Crippen molar-refractivity contribution in [2.24, 2.45) is 5.41 Å². The highest BCUT2D eigenvalue weighted by Crippen LogP contribution is 2.56. The molecule has 0 unspecified atom stereocenters. The first-order chi connectivity index (χ1) is 17.8. The highest BCUT2D eigenvalue weighted by molar-refractivity contribution is 5.83. The maximum atomic E-state index is 12.7. The van der Waals surface area contributed by atoms with Crippen molar-refractivity contribution in [1.29, 1.82) is 0 Å². The lowest BCUT2D eigenvalue weighted by Gasteiger charge is -2.47. The molecule has 3 aliphatic rings. The Balaban J connectivity index is 1.46. The summed E-state index contributed by atoms with van der Waals surface area (Å²) in [6, 6.07) is 31.7. The van der Waals surface area contributed by atoms with E-state index in [1.807, 2.05) is 6.07 Å². The topological polar surface area (TPSA) is 50.7 Å². The Morgan fingerprint density at radius 1 is 0.757 bits per heavy atom. The minimum Gasteiger partial charge on any atom is -0.454 e. The number of nitrogens with one attached hydrogen (secondary N) is 1. The number of hydrogen-bond acceptors (Lipinski definition) is 4. The lowest BCUT2D eigenvalue weighted by atomic mass is 9.69. The molecule has 7 rings (SSSR count). The van der Waals surface area contributed by atoms with Crippen molar-refractivity contribution in [3.05, 3.63) is 119 Å². The number of ether oxygens (including phenoxy) is 2. The summed E-state index contributed by atoms with van der Waals surface area (Å²) in [5, 5.41) is 16.8. The Bertz CT molecular complexity index is 1480. The molecule has 4 aromatic rings. The second-order valence-electron chi connectivity index (χ2n) is 11.5. The van der Waals surface area contributed by atoms with Crippen LogP contribution in [-0.2, 0) is 17.6 Å². The summed E-state index contributed by atoms with van der Waals surface area (Å²) in [4.78, 5) is 0. The Morgan fingerprint density at radius 2 is 1.32 bits per heavy atom. The van der Waals surface area contributed by atoms with Crippen molar-refractivity contribution >= 4 is 0 Å². The fourth-order valence-corrected chi connectivity index (χ4v) is 6.88. The van der Waals surface area contributed by atoms with Crippen LogP contribution in [0.3, 0.4) is 0 Å². The minimum atomic E-state index is -1.14. The van der Waals surface area contributed by atoms with Crippen molar-refractivity contribution in [3.63, 3.8) is 0 Å². The van der Waals surface area contributed by atoms with Crippen molar-refractivity contribution < 1.29 is 14.6 Å². The molecule has 4 heteroatoms. The van der Waals surface area contributed by atoms with Gasteiger partial charge in [-0.25, -0.2) is 0 Å². The molecule has 4 aromatic carbocycles. The van der Waals surface area contributed by atoms with Gasteiger partial charge in [-0.2, -0.15) is 0 Å². The van der Waals surface area contributed by atoms with Crippen LogP contribution in [0, 0.1) is 5.41 Å². The summed E-state index contributed by atoms with van der Waals surface area (Å²) in [5.41, 5.74) is 5.86. The molecule has 2 N–H and O–H groups in total. The van der Waals surface area contributed by atoms with E-state index in [1.54, 1.807) is 0 Å². The Hall–Kier alpha value is -3.60. The fraction of sp³-hybridized carbons (Fsp3) is 0.273. The van der Waals surface area contributed by atoms with E-state index < -0.39 is 16.6 Å². The van der Waals surface area contributed by atoms with Gasteiger partial charge in [-0.1, -0.05) is 99.6 Å². The highest BCUT2D eigenvalue weighted by Gasteiger charge is 2.57. The van der Waals surface area contributed by atoms with Gasteiger partial charge in [0.05, 0.1) is 5.54 Å². The van der Waals surface area contributed by atoms with E-state index in [0.717, 1.165) is 22.4 Å². The molecule has 0 saturated heterocycles. The lowest BCUT2D eigenvalue weighted by Crippen LogP contribution is -2.59. The molecule has 37 heavy (non-hydrogen) atoms. The molecule has 0 radical (unpaired) electrons. The van der Waals surface area contributed by atoms with Crippen molar-refractivity contribution in [3.8, 4) is 22.6 Å². The van der Waals surface area contributed by atoms with E-state index in [1.165, 1.54) is 22.3 Å². The Kier molecular flexibility index (Phi) is 4.70. The van der Waals surface area contributed by atoms with Gasteiger partial charge in [-0.05, 0) is 62.9 Å². The molecule has 0 amide bonds. The lowest BCUT2D eigenvalue weighted by molar-refractivity contribution is -0.0886. The minimum absolute atomic E-state index is 0.221. The molecule has 2 aliphatic carbocycles. The molecule has 0 aromatic heterocycles. The van der Waals surface area contributed by atoms with E-state index >= 15 is 0 Å². The standard InChI is InChI=1S/C33H31NO3/c1-31(2,3)33(35)27-19-29-28(36-20-37-29)17-21(27)18-30(33)34-32(22-11-5-4-6-12-22)25-15-9-7-13-23(25)24-14-8-10-16-26(24)32/h4-17,19,30,34-35H,18,20H2,1-3H3/t30-,33+/m0/s1. The molecule has 4 nitrogen and oxygen atoms in total. The monoisotopic (exact) mass is 489 g/mol. The van der Waals surface area contributed by atoms with E-state index in [4.69, 9.17) is 9.47 Å². The first-order valence-corrected chi connectivity index (χ1v) is 13.0. The summed E-state index contributed by atoms with van der Waals surface area (Å²) >= 11 is 0. The van der Waals surface area contributed by atoms with Gasteiger partial charge in [0, 0.05) is 6.04 Å². The number of aliphatic hydroxyl groups is 1. The van der Waals surface area contributed by atoms with Crippen LogP contribution in [0.1, 0.15) is 48.6 Å². The van der Waals surface area contributed by atoms with Gasteiger partial charge < -0.3 is 14.6 Å². The van der Waals surface area contributed by atoms with Crippen LogP contribution in [-0.4, -0.2) is 17.9 Å². The molecule has 0 saturated carbocycles. The normalized spacial score (nSPS) is 22.4. The number of fused-ring (bicyclic) bond motifs is 5. The number of benzene rings is 4. The van der Waals surface area contributed by atoms with E-state index in [2.05, 4.69) is 111 Å². The number of rotatable bonds is 3. The molecular formula is C33H31NO3. The van der Waals surface area contributed by atoms with Gasteiger partial charge in [0.1, 0.15) is 5.60 Å². The quantitative estimate of drug-likeness (QED) is 0.363. The maximum absolute atomic E-state index is 12.7.